The van der Waals surface area contributed by atoms with Gasteiger partial charge in [0.15, 0.2) is 0 Å². The second kappa shape index (κ2) is 7.96. The van der Waals surface area contributed by atoms with Crippen molar-refractivity contribution in [3.05, 3.63) is 71.3 Å². The Hall–Kier alpha value is -2.09. The molecule has 2 nitrogen and oxygen atoms in total. The Balaban J connectivity index is 2.07. The van der Waals surface area contributed by atoms with Gasteiger partial charge in [-0.15, -0.1) is 0 Å². The highest BCUT2D eigenvalue weighted by Crippen LogP contribution is 2.24. The van der Waals surface area contributed by atoms with Gasteiger partial charge in [0.25, 0.3) is 0 Å². The fourth-order valence-electron chi connectivity index (χ4n) is 2.73. The van der Waals surface area contributed by atoms with Crippen LogP contribution < -0.4 is 5.32 Å². The molecule has 2 heteroatoms. The van der Waals surface area contributed by atoms with Crippen LogP contribution in [0.25, 0.3) is 0 Å². The molecule has 0 aliphatic heterocycles. The van der Waals surface area contributed by atoms with Crippen molar-refractivity contribution in [1.29, 1.82) is 0 Å². The minimum Gasteiger partial charge on any atom is -0.349 e. The minimum atomic E-state index is 0.0485. The molecule has 0 fully saturated rings. The third-order valence-corrected chi connectivity index (χ3v) is 4.15. The maximum Gasteiger partial charge on any atom is 0.224 e. The molecule has 0 saturated heterocycles. The first-order valence-corrected chi connectivity index (χ1v) is 8.40. The van der Waals surface area contributed by atoms with Gasteiger partial charge < -0.3 is 5.32 Å². The number of carbonyl (C=O) groups excluding carboxylic acids is 1. The van der Waals surface area contributed by atoms with Gasteiger partial charge in [-0.3, -0.25) is 4.79 Å². The van der Waals surface area contributed by atoms with E-state index >= 15 is 0 Å². The maximum absolute atomic E-state index is 12.4. The van der Waals surface area contributed by atoms with Crippen LogP contribution in [0.4, 0.5) is 0 Å². The van der Waals surface area contributed by atoms with Crippen LogP contribution in [0.15, 0.2) is 54.6 Å². The highest BCUT2D eigenvalue weighted by Gasteiger charge is 2.18. The number of carbonyl (C=O) groups is 1. The van der Waals surface area contributed by atoms with Crippen LogP contribution in [0, 0.1) is 5.92 Å². The van der Waals surface area contributed by atoms with Gasteiger partial charge in [-0.25, -0.2) is 0 Å². The maximum atomic E-state index is 12.4. The summed E-state index contributed by atoms with van der Waals surface area (Å²) in [5.74, 6) is 0.941. The molecule has 1 amide bonds. The molecule has 0 aliphatic carbocycles. The molecule has 23 heavy (non-hydrogen) atoms. The van der Waals surface area contributed by atoms with Gasteiger partial charge in [0, 0.05) is 0 Å². The van der Waals surface area contributed by atoms with Crippen LogP contribution in [0.3, 0.4) is 0 Å². The third-order valence-electron chi connectivity index (χ3n) is 4.15. The molecule has 122 valence electrons. The van der Waals surface area contributed by atoms with Gasteiger partial charge >= 0.3 is 0 Å². The van der Waals surface area contributed by atoms with Crippen molar-refractivity contribution >= 4 is 5.91 Å². The summed E-state index contributed by atoms with van der Waals surface area (Å²) in [6.07, 6.45) is 0.425. The SMILES string of the molecule is CC(C)c1ccc([C@H](NC(=O)Cc2ccccc2)C(C)C)cc1. The first-order valence-electron chi connectivity index (χ1n) is 8.40. The molecule has 2 aromatic carbocycles. The van der Waals surface area contributed by atoms with Crippen molar-refractivity contribution in [2.75, 3.05) is 0 Å². The third kappa shape index (κ3) is 4.95. The van der Waals surface area contributed by atoms with Gasteiger partial charge in [0.05, 0.1) is 12.5 Å². The highest BCUT2D eigenvalue weighted by molar-refractivity contribution is 5.79. The van der Waals surface area contributed by atoms with Gasteiger partial charge in [0.2, 0.25) is 5.91 Å². The lowest BCUT2D eigenvalue weighted by Gasteiger charge is -2.23. The highest BCUT2D eigenvalue weighted by atomic mass is 16.1. The Bertz CT molecular complexity index is 614. The normalized spacial score (nSPS) is 12.4. The standard InChI is InChI=1S/C21H27NO/c1-15(2)18-10-12-19(13-11-18)21(16(3)4)22-20(23)14-17-8-6-5-7-9-17/h5-13,15-16,21H,14H2,1-4H3,(H,22,23)/t21-/m1/s1. The van der Waals surface area contributed by atoms with Crippen molar-refractivity contribution in [3.8, 4) is 0 Å². The summed E-state index contributed by atoms with van der Waals surface area (Å²) < 4.78 is 0. The average Bonchev–Trinajstić information content (AvgIpc) is 2.53. The van der Waals surface area contributed by atoms with Gasteiger partial charge in [-0.2, -0.15) is 0 Å². The number of amides is 1. The molecule has 0 aromatic heterocycles. The predicted molar refractivity (Wildman–Crippen MR) is 96.4 cm³/mol. The minimum absolute atomic E-state index is 0.0485. The first-order chi connectivity index (χ1) is 11.0. The molecule has 0 unspecified atom stereocenters. The lowest BCUT2D eigenvalue weighted by Crippen LogP contribution is -2.32. The Morgan fingerprint density at radius 2 is 1.43 bits per heavy atom. The van der Waals surface area contributed by atoms with Crippen molar-refractivity contribution in [2.45, 2.75) is 46.1 Å². The smallest absolute Gasteiger partial charge is 0.224 e. The van der Waals surface area contributed by atoms with Crippen molar-refractivity contribution in [3.63, 3.8) is 0 Å². The van der Waals surface area contributed by atoms with Crippen molar-refractivity contribution in [1.82, 2.24) is 5.32 Å². The van der Waals surface area contributed by atoms with E-state index in [1.807, 2.05) is 30.3 Å². The van der Waals surface area contributed by atoms with Crippen LogP contribution >= 0.6 is 0 Å². The van der Waals surface area contributed by atoms with Crippen LogP contribution in [0.5, 0.6) is 0 Å². The zero-order valence-corrected chi connectivity index (χ0v) is 14.5. The van der Waals surface area contributed by atoms with E-state index < -0.39 is 0 Å². The molecule has 0 aliphatic rings. The predicted octanol–water partition coefficient (Wildman–Crippen LogP) is 4.87. The van der Waals surface area contributed by atoms with E-state index in [-0.39, 0.29) is 11.9 Å². The fraction of sp³-hybridized carbons (Fsp3) is 0.381. The van der Waals surface area contributed by atoms with Gasteiger partial charge in [0.1, 0.15) is 0 Å². The average molecular weight is 309 g/mol. The van der Waals surface area contributed by atoms with E-state index in [0.717, 1.165) is 5.56 Å². The molecule has 0 saturated carbocycles. The molecular weight excluding hydrogens is 282 g/mol. The first kappa shape index (κ1) is 17.3. The summed E-state index contributed by atoms with van der Waals surface area (Å²) in [5.41, 5.74) is 3.54. The van der Waals surface area contributed by atoms with E-state index in [1.54, 1.807) is 0 Å². The van der Waals surface area contributed by atoms with E-state index in [9.17, 15) is 4.79 Å². The molecule has 1 N–H and O–H groups in total. The molecule has 2 aromatic rings. The lowest BCUT2D eigenvalue weighted by atomic mass is 9.93. The Labute approximate surface area is 139 Å². The monoisotopic (exact) mass is 309 g/mol. The summed E-state index contributed by atoms with van der Waals surface area (Å²) >= 11 is 0. The van der Waals surface area contributed by atoms with E-state index in [4.69, 9.17) is 0 Å². The number of benzene rings is 2. The van der Waals surface area contributed by atoms with Crippen LogP contribution in [0.1, 0.15) is 56.3 Å². The number of hydrogen-bond donors (Lipinski definition) is 1. The van der Waals surface area contributed by atoms with Crippen molar-refractivity contribution < 1.29 is 4.79 Å². The Morgan fingerprint density at radius 1 is 0.870 bits per heavy atom. The van der Waals surface area contributed by atoms with Crippen LogP contribution in [-0.2, 0) is 11.2 Å². The number of nitrogens with one attached hydrogen (secondary N) is 1. The second-order valence-electron chi connectivity index (χ2n) is 6.77. The molecule has 1 atom stereocenters. The summed E-state index contributed by atoms with van der Waals surface area (Å²) in [4.78, 5) is 12.4. The zero-order valence-electron chi connectivity index (χ0n) is 14.5. The summed E-state index contributed by atoms with van der Waals surface area (Å²) in [7, 11) is 0. The van der Waals surface area contributed by atoms with Crippen molar-refractivity contribution in [2.24, 2.45) is 5.92 Å². The van der Waals surface area contributed by atoms with E-state index in [0.29, 0.717) is 18.3 Å². The Kier molecular flexibility index (Phi) is 5.97. The zero-order chi connectivity index (χ0) is 16.8. The van der Waals surface area contributed by atoms with Gasteiger partial charge in [-0.05, 0) is 28.5 Å². The number of rotatable bonds is 6. The van der Waals surface area contributed by atoms with E-state index in [1.165, 1.54) is 11.1 Å². The fourth-order valence-corrected chi connectivity index (χ4v) is 2.73. The quantitative estimate of drug-likeness (QED) is 0.810. The Morgan fingerprint density at radius 3 is 1.96 bits per heavy atom. The summed E-state index contributed by atoms with van der Waals surface area (Å²) in [6.45, 7) is 8.67. The van der Waals surface area contributed by atoms with Crippen LogP contribution in [-0.4, -0.2) is 5.91 Å². The topological polar surface area (TPSA) is 29.1 Å². The molecule has 2 rings (SSSR count). The molecular formula is C21H27NO. The van der Waals surface area contributed by atoms with Crippen LogP contribution in [0.2, 0.25) is 0 Å². The molecule has 0 bridgehead atoms. The number of hydrogen-bond acceptors (Lipinski definition) is 1. The lowest BCUT2D eigenvalue weighted by molar-refractivity contribution is -0.121. The molecule has 0 spiro atoms. The molecule has 0 radical (unpaired) electrons. The van der Waals surface area contributed by atoms with Gasteiger partial charge in [-0.1, -0.05) is 82.3 Å². The van der Waals surface area contributed by atoms with E-state index in [2.05, 4.69) is 57.3 Å². The second-order valence-corrected chi connectivity index (χ2v) is 6.77. The summed E-state index contributed by atoms with van der Waals surface area (Å²) in [6, 6.07) is 18.5. The largest absolute Gasteiger partial charge is 0.349 e. The summed E-state index contributed by atoms with van der Waals surface area (Å²) in [5, 5.41) is 3.19. The molecule has 0 heterocycles.